The van der Waals surface area contributed by atoms with E-state index in [0.717, 1.165) is 5.69 Å². The molecule has 0 bridgehead atoms. The van der Waals surface area contributed by atoms with E-state index in [1.807, 2.05) is 6.92 Å². The Hall–Kier alpha value is -1.70. The van der Waals surface area contributed by atoms with E-state index in [9.17, 15) is 15.0 Å². The van der Waals surface area contributed by atoms with Crippen LogP contribution in [0.3, 0.4) is 0 Å². The Morgan fingerprint density at radius 2 is 2.33 bits per heavy atom. The number of nitrogens with zero attached hydrogens (tertiary/aromatic N) is 3. The first-order chi connectivity index (χ1) is 10.0. The number of aryl methyl sites for hydroxylation is 1. The Morgan fingerprint density at radius 3 is 2.95 bits per heavy atom. The summed E-state index contributed by atoms with van der Waals surface area (Å²) < 4.78 is 6.88. The van der Waals surface area contributed by atoms with Gasteiger partial charge in [-0.25, -0.2) is 0 Å². The molecule has 1 amide bonds. The molecule has 2 rings (SSSR count). The maximum Gasteiger partial charge on any atom is 0.247 e. The average Bonchev–Trinajstić information content (AvgIpc) is 2.87. The van der Waals surface area contributed by atoms with Crippen molar-refractivity contribution in [3.63, 3.8) is 0 Å². The van der Waals surface area contributed by atoms with Crippen LogP contribution in [0.1, 0.15) is 12.6 Å². The zero-order valence-corrected chi connectivity index (χ0v) is 12.2. The zero-order chi connectivity index (χ0) is 15.4. The molecule has 2 N–H and O–H groups in total. The van der Waals surface area contributed by atoms with Crippen LogP contribution in [0.5, 0.6) is 0 Å². The summed E-state index contributed by atoms with van der Waals surface area (Å²) in [6.45, 7) is 2.56. The van der Waals surface area contributed by atoms with Gasteiger partial charge in [0.1, 0.15) is 12.2 Å². The minimum atomic E-state index is -0.993. The first-order valence-corrected chi connectivity index (χ1v) is 6.95. The maximum atomic E-state index is 12.3. The van der Waals surface area contributed by atoms with Gasteiger partial charge in [0.05, 0.1) is 24.9 Å². The molecule has 3 atom stereocenters. The summed E-state index contributed by atoms with van der Waals surface area (Å²) in [6.07, 6.45) is 2.80. The molecule has 1 aromatic rings. The number of ether oxygens (including phenoxy) is 1. The first-order valence-electron chi connectivity index (χ1n) is 6.95. The second kappa shape index (κ2) is 6.84. The fourth-order valence-electron chi connectivity index (χ4n) is 2.39. The van der Waals surface area contributed by atoms with Crippen molar-refractivity contribution in [3.8, 4) is 0 Å². The van der Waals surface area contributed by atoms with Gasteiger partial charge in [0.25, 0.3) is 0 Å². The van der Waals surface area contributed by atoms with Crippen LogP contribution in [-0.2, 0) is 16.6 Å². The highest BCUT2D eigenvalue weighted by molar-refractivity contribution is 5.91. The Morgan fingerprint density at radius 1 is 1.57 bits per heavy atom. The molecule has 116 valence electrons. The molecule has 7 heteroatoms. The molecular weight excluding hydrogens is 274 g/mol. The monoisotopic (exact) mass is 295 g/mol. The number of carbonyl (C=O) groups is 1. The highest BCUT2D eigenvalue weighted by atomic mass is 16.5. The van der Waals surface area contributed by atoms with Gasteiger partial charge in [-0.15, -0.1) is 0 Å². The van der Waals surface area contributed by atoms with E-state index in [1.165, 1.54) is 11.0 Å². The van der Waals surface area contributed by atoms with Crippen LogP contribution in [0.15, 0.2) is 18.3 Å². The number of rotatable bonds is 4. The molecule has 0 saturated carbocycles. The van der Waals surface area contributed by atoms with Crippen LogP contribution < -0.4 is 0 Å². The zero-order valence-electron chi connectivity index (χ0n) is 12.2. The summed E-state index contributed by atoms with van der Waals surface area (Å²) in [5.74, 6) is -0.236. The van der Waals surface area contributed by atoms with Gasteiger partial charge in [-0.3, -0.25) is 9.48 Å². The number of likely N-dealkylation sites (N-methyl/N-ethyl adjacent to an activating group) is 1. The molecular formula is C14H21N3O4. The molecule has 1 saturated heterocycles. The molecule has 0 unspecified atom stereocenters. The van der Waals surface area contributed by atoms with Crippen LogP contribution >= 0.6 is 0 Å². The maximum absolute atomic E-state index is 12.3. The van der Waals surface area contributed by atoms with E-state index in [2.05, 4.69) is 5.10 Å². The van der Waals surface area contributed by atoms with E-state index in [1.54, 1.807) is 30.1 Å². The van der Waals surface area contributed by atoms with E-state index in [0.29, 0.717) is 6.54 Å². The second-order valence-corrected chi connectivity index (χ2v) is 5.00. The van der Waals surface area contributed by atoms with Gasteiger partial charge in [0, 0.05) is 25.9 Å². The fraction of sp³-hybridized carbons (Fsp3) is 0.571. The largest absolute Gasteiger partial charge is 0.388 e. The third-order valence-electron chi connectivity index (χ3n) is 3.65. The molecule has 1 fully saturated rings. The number of carbonyl (C=O) groups excluding carboxylic acids is 1. The topological polar surface area (TPSA) is 87.8 Å². The van der Waals surface area contributed by atoms with Gasteiger partial charge in [0.2, 0.25) is 5.91 Å². The fourth-order valence-corrected chi connectivity index (χ4v) is 2.39. The van der Waals surface area contributed by atoms with Crippen molar-refractivity contribution in [1.29, 1.82) is 0 Å². The Bertz CT molecular complexity index is 514. The minimum absolute atomic E-state index is 0.0915. The van der Waals surface area contributed by atoms with Crippen LogP contribution in [0.2, 0.25) is 0 Å². The molecule has 2 heterocycles. The molecule has 0 spiro atoms. The van der Waals surface area contributed by atoms with E-state index >= 15 is 0 Å². The second-order valence-electron chi connectivity index (χ2n) is 5.00. The molecule has 0 aromatic carbocycles. The molecule has 1 aromatic heterocycles. The van der Waals surface area contributed by atoms with Crippen molar-refractivity contribution in [2.24, 2.45) is 7.05 Å². The van der Waals surface area contributed by atoms with Crippen LogP contribution in [0.25, 0.3) is 6.08 Å². The van der Waals surface area contributed by atoms with Crippen molar-refractivity contribution in [1.82, 2.24) is 14.7 Å². The highest BCUT2D eigenvalue weighted by Crippen LogP contribution is 2.16. The van der Waals surface area contributed by atoms with Gasteiger partial charge in [-0.1, -0.05) is 0 Å². The lowest BCUT2D eigenvalue weighted by Gasteiger charge is -2.38. The standard InChI is InChI=1S/C14H21N3O4/c1-3-17(11-8-21-9-12(18)14(11)20)13(19)5-4-10-6-7-15-16(10)2/h4-7,11-12,14,18,20H,3,8-9H2,1-2H3/b5-4+/t11-,12-,14+/m1/s1. The third kappa shape index (κ3) is 3.49. The van der Waals surface area contributed by atoms with Gasteiger partial charge in [0.15, 0.2) is 0 Å². The number of aliphatic hydroxyl groups excluding tert-OH is 2. The molecule has 1 aliphatic rings. The predicted molar refractivity (Wildman–Crippen MR) is 76.2 cm³/mol. The van der Waals surface area contributed by atoms with E-state index in [4.69, 9.17) is 4.74 Å². The smallest absolute Gasteiger partial charge is 0.247 e. The quantitative estimate of drug-likeness (QED) is 0.724. The lowest BCUT2D eigenvalue weighted by Crippen LogP contribution is -2.57. The summed E-state index contributed by atoms with van der Waals surface area (Å²) in [7, 11) is 1.79. The molecule has 0 aliphatic carbocycles. The van der Waals surface area contributed by atoms with Gasteiger partial charge >= 0.3 is 0 Å². The number of hydrogen-bond donors (Lipinski definition) is 2. The number of amides is 1. The minimum Gasteiger partial charge on any atom is -0.388 e. The average molecular weight is 295 g/mol. The summed E-state index contributed by atoms with van der Waals surface area (Å²) in [6, 6.07) is 1.25. The van der Waals surface area contributed by atoms with Gasteiger partial charge < -0.3 is 19.8 Å². The summed E-state index contributed by atoms with van der Waals surface area (Å²) in [5, 5.41) is 23.7. The third-order valence-corrected chi connectivity index (χ3v) is 3.65. The number of aromatic nitrogens is 2. The van der Waals surface area contributed by atoms with Crippen molar-refractivity contribution in [2.75, 3.05) is 19.8 Å². The van der Waals surface area contributed by atoms with Crippen LogP contribution in [0.4, 0.5) is 0 Å². The summed E-state index contributed by atoms with van der Waals surface area (Å²) >= 11 is 0. The number of hydrogen-bond acceptors (Lipinski definition) is 5. The van der Waals surface area contributed by atoms with Gasteiger partial charge in [-0.05, 0) is 19.1 Å². The first kappa shape index (κ1) is 15.7. The van der Waals surface area contributed by atoms with Crippen molar-refractivity contribution in [2.45, 2.75) is 25.2 Å². The molecule has 21 heavy (non-hydrogen) atoms. The number of aliphatic hydroxyl groups is 2. The molecule has 7 nitrogen and oxygen atoms in total. The SMILES string of the molecule is CCN(C(=O)/C=C/c1ccnn1C)[C@@H]1COC[C@@H](O)[C@H]1O. The van der Waals surface area contributed by atoms with Crippen molar-refractivity contribution in [3.05, 3.63) is 24.0 Å². The lowest BCUT2D eigenvalue weighted by atomic mass is 10.0. The van der Waals surface area contributed by atoms with Crippen molar-refractivity contribution >= 4 is 12.0 Å². The van der Waals surface area contributed by atoms with Gasteiger partial charge in [-0.2, -0.15) is 5.10 Å². The predicted octanol–water partition coefficient (Wildman–Crippen LogP) is -0.598. The highest BCUT2D eigenvalue weighted by Gasteiger charge is 2.36. The Labute approximate surface area is 123 Å². The Kier molecular flexibility index (Phi) is 5.11. The van der Waals surface area contributed by atoms with E-state index in [-0.39, 0.29) is 19.1 Å². The summed E-state index contributed by atoms with van der Waals surface area (Å²) in [4.78, 5) is 13.8. The van der Waals surface area contributed by atoms with Crippen LogP contribution in [-0.4, -0.2) is 68.8 Å². The van der Waals surface area contributed by atoms with Crippen molar-refractivity contribution < 1.29 is 19.7 Å². The molecule has 1 aliphatic heterocycles. The normalized spacial score (nSPS) is 26.2. The summed E-state index contributed by atoms with van der Waals surface area (Å²) in [5.41, 5.74) is 0.805. The molecule has 0 radical (unpaired) electrons. The van der Waals surface area contributed by atoms with Crippen LogP contribution in [0, 0.1) is 0 Å². The Balaban J connectivity index is 2.08. The lowest BCUT2D eigenvalue weighted by molar-refractivity contribution is -0.151. The van der Waals surface area contributed by atoms with E-state index < -0.39 is 18.2 Å².